The molecule has 0 aliphatic carbocycles. The molecule has 0 amide bonds. The summed E-state index contributed by atoms with van der Waals surface area (Å²) in [4.78, 5) is 2.36. The number of hydrogen-bond acceptors (Lipinski definition) is 2. The summed E-state index contributed by atoms with van der Waals surface area (Å²) >= 11 is 0. The van der Waals surface area contributed by atoms with Gasteiger partial charge in [0.2, 0.25) is 0 Å². The van der Waals surface area contributed by atoms with E-state index in [9.17, 15) is 0 Å². The Morgan fingerprint density at radius 3 is 2.17 bits per heavy atom. The second kappa shape index (κ2) is 4.83. The van der Waals surface area contributed by atoms with Crippen molar-refractivity contribution in [3.63, 3.8) is 0 Å². The van der Waals surface area contributed by atoms with E-state index in [1.165, 1.54) is 0 Å². The van der Waals surface area contributed by atoms with Crippen LogP contribution in [0.3, 0.4) is 0 Å². The van der Waals surface area contributed by atoms with E-state index in [0.29, 0.717) is 11.5 Å². The van der Waals surface area contributed by atoms with Gasteiger partial charge in [0.1, 0.15) is 0 Å². The first kappa shape index (κ1) is 11.9. The fourth-order valence-corrected chi connectivity index (χ4v) is 1.11. The van der Waals surface area contributed by atoms with E-state index in [4.69, 9.17) is 5.73 Å². The molecule has 0 saturated carbocycles. The molecule has 0 heterocycles. The van der Waals surface area contributed by atoms with Crippen LogP contribution < -0.4 is 5.73 Å². The van der Waals surface area contributed by atoms with Crippen molar-refractivity contribution < 1.29 is 0 Å². The minimum Gasteiger partial charge on any atom is -0.330 e. The summed E-state index contributed by atoms with van der Waals surface area (Å²) < 4.78 is 0. The fourth-order valence-electron chi connectivity index (χ4n) is 1.11. The zero-order valence-corrected chi connectivity index (χ0v) is 9.22. The van der Waals surface area contributed by atoms with Gasteiger partial charge in [0.05, 0.1) is 0 Å². The molecular formula is C10H24N2. The highest BCUT2D eigenvalue weighted by molar-refractivity contribution is 4.77. The van der Waals surface area contributed by atoms with Gasteiger partial charge in [0.15, 0.2) is 0 Å². The predicted octanol–water partition coefficient (Wildman–Crippen LogP) is 1.70. The maximum atomic E-state index is 5.74. The number of nitrogens with two attached hydrogens (primary N) is 1. The first-order chi connectivity index (χ1) is 5.45. The van der Waals surface area contributed by atoms with Crippen LogP contribution in [0.1, 0.15) is 34.1 Å². The van der Waals surface area contributed by atoms with Crippen LogP contribution in [-0.4, -0.2) is 31.1 Å². The molecule has 2 N–H and O–H groups in total. The summed E-state index contributed by atoms with van der Waals surface area (Å²) in [6, 6.07) is 0.613. The molecule has 0 aliphatic rings. The van der Waals surface area contributed by atoms with Crippen LogP contribution in [0.25, 0.3) is 0 Å². The second-order valence-electron chi connectivity index (χ2n) is 4.38. The van der Waals surface area contributed by atoms with E-state index in [1.54, 1.807) is 0 Å². The van der Waals surface area contributed by atoms with Crippen molar-refractivity contribution in [3.8, 4) is 0 Å². The molecule has 0 fully saturated rings. The molecule has 2 nitrogen and oxygen atoms in total. The zero-order valence-electron chi connectivity index (χ0n) is 9.22. The van der Waals surface area contributed by atoms with Gasteiger partial charge in [-0.2, -0.15) is 0 Å². The summed E-state index contributed by atoms with van der Waals surface area (Å²) in [7, 11) is 2.16. The van der Waals surface area contributed by atoms with Gasteiger partial charge in [-0.25, -0.2) is 0 Å². The SMILES string of the molecule is CCC(C)(CN)CN(C)C(C)C. The Labute approximate surface area is 77.1 Å². The van der Waals surface area contributed by atoms with Crippen molar-refractivity contribution in [1.82, 2.24) is 4.90 Å². The highest BCUT2D eigenvalue weighted by Gasteiger charge is 2.22. The second-order valence-corrected chi connectivity index (χ2v) is 4.38. The van der Waals surface area contributed by atoms with E-state index in [-0.39, 0.29) is 0 Å². The van der Waals surface area contributed by atoms with Gasteiger partial charge in [-0.05, 0) is 39.3 Å². The van der Waals surface area contributed by atoms with Gasteiger partial charge in [0, 0.05) is 12.6 Å². The maximum Gasteiger partial charge on any atom is 0.00470 e. The van der Waals surface area contributed by atoms with Gasteiger partial charge in [-0.3, -0.25) is 0 Å². The fraction of sp³-hybridized carbons (Fsp3) is 1.00. The number of rotatable bonds is 5. The highest BCUT2D eigenvalue weighted by Crippen LogP contribution is 2.20. The monoisotopic (exact) mass is 172 g/mol. The molecule has 0 aromatic heterocycles. The predicted molar refractivity (Wildman–Crippen MR) is 55.2 cm³/mol. The summed E-state index contributed by atoms with van der Waals surface area (Å²) in [5.41, 5.74) is 6.03. The molecule has 0 radical (unpaired) electrons. The van der Waals surface area contributed by atoms with Crippen LogP contribution in [0.4, 0.5) is 0 Å². The third-order valence-corrected chi connectivity index (χ3v) is 2.86. The number of hydrogen-bond donors (Lipinski definition) is 1. The van der Waals surface area contributed by atoms with Gasteiger partial charge in [-0.1, -0.05) is 13.8 Å². The summed E-state index contributed by atoms with van der Waals surface area (Å²) in [6.45, 7) is 10.8. The Morgan fingerprint density at radius 1 is 1.42 bits per heavy atom. The maximum absolute atomic E-state index is 5.74. The van der Waals surface area contributed by atoms with Crippen LogP contribution in [0.15, 0.2) is 0 Å². The molecule has 2 heteroatoms. The van der Waals surface area contributed by atoms with Gasteiger partial charge >= 0.3 is 0 Å². The molecular weight excluding hydrogens is 148 g/mol. The molecule has 0 saturated heterocycles. The van der Waals surface area contributed by atoms with Crippen LogP contribution in [0.5, 0.6) is 0 Å². The molecule has 12 heavy (non-hydrogen) atoms. The van der Waals surface area contributed by atoms with E-state index in [2.05, 4.69) is 39.6 Å². The van der Waals surface area contributed by atoms with Crippen molar-refractivity contribution >= 4 is 0 Å². The lowest BCUT2D eigenvalue weighted by atomic mass is 9.87. The van der Waals surface area contributed by atoms with Crippen LogP contribution >= 0.6 is 0 Å². The average molecular weight is 172 g/mol. The molecule has 1 unspecified atom stereocenters. The molecule has 0 bridgehead atoms. The topological polar surface area (TPSA) is 29.3 Å². The van der Waals surface area contributed by atoms with Crippen molar-refractivity contribution in [3.05, 3.63) is 0 Å². The highest BCUT2D eigenvalue weighted by atomic mass is 15.1. The van der Waals surface area contributed by atoms with Crippen LogP contribution in [0.2, 0.25) is 0 Å². The lowest BCUT2D eigenvalue weighted by Crippen LogP contribution is -2.41. The van der Waals surface area contributed by atoms with E-state index < -0.39 is 0 Å². The molecule has 1 atom stereocenters. The Kier molecular flexibility index (Phi) is 4.80. The Balaban J connectivity index is 4.02. The normalized spacial score (nSPS) is 17.0. The first-order valence-corrected chi connectivity index (χ1v) is 4.85. The van der Waals surface area contributed by atoms with E-state index in [1.807, 2.05) is 0 Å². The Morgan fingerprint density at radius 2 is 1.92 bits per heavy atom. The van der Waals surface area contributed by atoms with Crippen molar-refractivity contribution in [2.75, 3.05) is 20.1 Å². The Hall–Kier alpha value is -0.0800. The molecule has 0 rings (SSSR count). The minimum atomic E-state index is 0.291. The van der Waals surface area contributed by atoms with Gasteiger partial charge in [0.25, 0.3) is 0 Å². The summed E-state index contributed by atoms with van der Waals surface area (Å²) in [5.74, 6) is 0. The number of nitrogens with zero attached hydrogens (tertiary/aromatic N) is 1. The smallest absolute Gasteiger partial charge is 0.00470 e. The van der Waals surface area contributed by atoms with Crippen LogP contribution in [0, 0.1) is 5.41 Å². The van der Waals surface area contributed by atoms with Crippen molar-refractivity contribution in [2.24, 2.45) is 11.1 Å². The standard InChI is InChI=1S/C10H24N2/c1-6-10(4,7-11)8-12(5)9(2)3/h9H,6-8,11H2,1-5H3. The van der Waals surface area contributed by atoms with Crippen molar-refractivity contribution in [1.29, 1.82) is 0 Å². The molecule has 74 valence electrons. The van der Waals surface area contributed by atoms with Gasteiger partial charge < -0.3 is 10.6 Å². The first-order valence-electron chi connectivity index (χ1n) is 4.85. The van der Waals surface area contributed by atoms with Gasteiger partial charge in [-0.15, -0.1) is 0 Å². The van der Waals surface area contributed by atoms with Crippen LogP contribution in [-0.2, 0) is 0 Å². The molecule has 0 aromatic rings. The third kappa shape index (κ3) is 3.55. The Bertz CT molecular complexity index is 117. The average Bonchev–Trinajstić information content (AvgIpc) is 2.04. The molecule has 0 aliphatic heterocycles. The van der Waals surface area contributed by atoms with E-state index in [0.717, 1.165) is 19.5 Å². The quantitative estimate of drug-likeness (QED) is 0.684. The lowest BCUT2D eigenvalue weighted by Gasteiger charge is -2.33. The van der Waals surface area contributed by atoms with E-state index >= 15 is 0 Å². The molecule has 0 spiro atoms. The third-order valence-electron chi connectivity index (χ3n) is 2.86. The lowest BCUT2D eigenvalue weighted by molar-refractivity contribution is 0.163. The summed E-state index contributed by atoms with van der Waals surface area (Å²) in [5, 5.41) is 0. The summed E-state index contributed by atoms with van der Waals surface area (Å²) in [6.07, 6.45) is 1.15. The molecule has 0 aromatic carbocycles. The minimum absolute atomic E-state index is 0.291. The zero-order chi connectivity index (χ0) is 9.78. The largest absolute Gasteiger partial charge is 0.330 e. The van der Waals surface area contributed by atoms with Crippen molar-refractivity contribution in [2.45, 2.75) is 40.2 Å².